The Bertz CT molecular complexity index is 625. The molecular weight excluding hydrogens is 254 g/mol. The van der Waals surface area contributed by atoms with Crippen LogP contribution in [0.4, 0.5) is 5.69 Å². The zero-order chi connectivity index (χ0) is 13.1. The zero-order valence-electron chi connectivity index (χ0n) is 9.17. The van der Waals surface area contributed by atoms with Gasteiger partial charge in [0.1, 0.15) is 0 Å². The first-order valence-electron chi connectivity index (χ1n) is 5.11. The number of carbonyl (C=O) groups excluding carboxylic acids is 1. The third-order valence-corrected chi connectivity index (χ3v) is 2.75. The summed E-state index contributed by atoms with van der Waals surface area (Å²) in [5.74, 6) is 0. The van der Waals surface area contributed by atoms with Gasteiger partial charge in [0.05, 0.1) is 4.92 Å². The number of benzene rings is 2. The maximum atomic E-state index is 11.0. The molecule has 0 aliphatic carbocycles. The summed E-state index contributed by atoms with van der Waals surface area (Å²) >= 11 is 5.88. The highest BCUT2D eigenvalue weighted by Crippen LogP contribution is 2.28. The highest BCUT2D eigenvalue weighted by atomic mass is 35.5. The molecular formula is C13H8ClNO3. The molecule has 0 heterocycles. The van der Waals surface area contributed by atoms with Crippen molar-refractivity contribution >= 4 is 23.6 Å². The predicted molar refractivity (Wildman–Crippen MR) is 68.9 cm³/mol. The lowest BCUT2D eigenvalue weighted by molar-refractivity contribution is -0.384. The number of halogens is 1. The Morgan fingerprint density at radius 3 is 2.61 bits per heavy atom. The van der Waals surface area contributed by atoms with E-state index in [1.807, 2.05) is 0 Å². The first-order chi connectivity index (χ1) is 8.61. The van der Waals surface area contributed by atoms with Crippen molar-refractivity contribution in [3.63, 3.8) is 0 Å². The number of hydrogen-bond acceptors (Lipinski definition) is 3. The lowest BCUT2D eigenvalue weighted by atomic mass is 10.00. The van der Waals surface area contributed by atoms with Crippen LogP contribution in [-0.2, 0) is 0 Å². The molecule has 0 fully saturated rings. The molecule has 4 nitrogen and oxygen atoms in total. The van der Waals surface area contributed by atoms with Crippen LogP contribution < -0.4 is 0 Å². The molecule has 0 aromatic heterocycles. The fourth-order valence-electron chi connectivity index (χ4n) is 1.67. The van der Waals surface area contributed by atoms with Crippen LogP contribution in [0, 0.1) is 10.1 Å². The van der Waals surface area contributed by atoms with Crippen molar-refractivity contribution < 1.29 is 9.72 Å². The van der Waals surface area contributed by atoms with Crippen molar-refractivity contribution in [2.24, 2.45) is 0 Å². The van der Waals surface area contributed by atoms with Gasteiger partial charge in [-0.25, -0.2) is 0 Å². The molecule has 0 aliphatic heterocycles. The number of rotatable bonds is 3. The molecule has 0 aliphatic rings. The number of nitro groups is 1. The van der Waals surface area contributed by atoms with Crippen LogP contribution in [0.3, 0.4) is 0 Å². The van der Waals surface area contributed by atoms with Crippen molar-refractivity contribution in [1.82, 2.24) is 0 Å². The van der Waals surface area contributed by atoms with Crippen molar-refractivity contribution in [1.29, 1.82) is 0 Å². The number of non-ortho nitro benzene ring substituents is 1. The molecule has 0 N–H and O–H groups in total. The van der Waals surface area contributed by atoms with E-state index in [2.05, 4.69) is 0 Å². The molecule has 0 saturated heterocycles. The summed E-state index contributed by atoms with van der Waals surface area (Å²) in [6.45, 7) is 0. The van der Waals surface area contributed by atoms with Gasteiger partial charge < -0.3 is 0 Å². The fourth-order valence-corrected chi connectivity index (χ4v) is 1.84. The SMILES string of the molecule is O=Cc1ccc(Cl)cc1-c1cccc([N+](=O)[O-])c1. The van der Waals surface area contributed by atoms with Gasteiger partial charge >= 0.3 is 0 Å². The molecule has 0 radical (unpaired) electrons. The molecule has 0 spiro atoms. The number of aldehydes is 1. The van der Waals surface area contributed by atoms with Gasteiger partial charge in [-0.15, -0.1) is 0 Å². The number of carbonyl (C=O) groups is 1. The molecule has 0 bridgehead atoms. The summed E-state index contributed by atoms with van der Waals surface area (Å²) in [7, 11) is 0. The average Bonchev–Trinajstić information content (AvgIpc) is 2.39. The monoisotopic (exact) mass is 261 g/mol. The van der Waals surface area contributed by atoms with E-state index in [1.54, 1.807) is 30.3 Å². The third-order valence-electron chi connectivity index (χ3n) is 2.51. The van der Waals surface area contributed by atoms with E-state index < -0.39 is 4.92 Å². The zero-order valence-corrected chi connectivity index (χ0v) is 9.92. The molecule has 0 unspecified atom stereocenters. The van der Waals surface area contributed by atoms with E-state index in [1.165, 1.54) is 12.1 Å². The summed E-state index contributed by atoms with van der Waals surface area (Å²) in [6, 6.07) is 10.9. The average molecular weight is 262 g/mol. The smallest absolute Gasteiger partial charge is 0.270 e. The van der Waals surface area contributed by atoms with E-state index in [0.29, 0.717) is 28.0 Å². The molecule has 2 aromatic rings. The Labute approximate surface area is 108 Å². The molecule has 5 heteroatoms. The minimum Gasteiger partial charge on any atom is -0.298 e. The maximum Gasteiger partial charge on any atom is 0.270 e. The van der Waals surface area contributed by atoms with E-state index in [0.717, 1.165) is 0 Å². The molecule has 2 aromatic carbocycles. The topological polar surface area (TPSA) is 60.2 Å². The first-order valence-corrected chi connectivity index (χ1v) is 5.49. The molecule has 0 saturated carbocycles. The molecule has 0 amide bonds. The lowest BCUT2D eigenvalue weighted by Gasteiger charge is -2.05. The molecule has 90 valence electrons. The van der Waals surface area contributed by atoms with Crippen LogP contribution in [-0.4, -0.2) is 11.2 Å². The van der Waals surface area contributed by atoms with Crippen LogP contribution in [0.1, 0.15) is 10.4 Å². The summed E-state index contributed by atoms with van der Waals surface area (Å²) < 4.78 is 0. The quantitative estimate of drug-likeness (QED) is 0.480. The van der Waals surface area contributed by atoms with E-state index in [-0.39, 0.29) is 5.69 Å². The molecule has 2 rings (SSSR count). The van der Waals surface area contributed by atoms with Gasteiger partial charge in [-0.3, -0.25) is 14.9 Å². The van der Waals surface area contributed by atoms with Crippen LogP contribution in [0.2, 0.25) is 5.02 Å². The van der Waals surface area contributed by atoms with Gasteiger partial charge in [0.25, 0.3) is 5.69 Å². The second-order valence-electron chi connectivity index (χ2n) is 3.66. The molecule has 0 atom stereocenters. The van der Waals surface area contributed by atoms with E-state index in [4.69, 9.17) is 11.6 Å². The Morgan fingerprint density at radius 2 is 1.94 bits per heavy atom. The second kappa shape index (κ2) is 4.98. The van der Waals surface area contributed by atoms with Crippen LogP contribution >= 0.6 is 11.6 Å². The number of nitrogens with zero attached hydrogens (tertiary/aromatic N) is 1. The van der Waals surface area contributed by atoms with Crippen LogP contribution in [0.5, 0.6) is 0 Å². The Balaban J connectivity index is 2.60. The summed E-state index contributed by atoms with van der Waals surface area (Å²) in [5.41, 5.74) is 1.60. The van der Waals surface area contributed by atoms with Crippen LogP contribution in [0.15, 0.2) is 42.5 Å². The van der Waals surface area contributed by atoms with E-state index >= 15 is 0 Å². The van der Waals surface area contributed by atoms with Gasteiger partial charge in [0, 0.05) is 22.7 Å². The van der Waals surface area contributed by atoms with Crippen molar-refractivity contribution in [3.05, 3.63) is 63.2 Å². The standard InChI is InChI=1S/C13H8ClNO3/c14-11-5-4-10(8-16)13(7-11)9-2-1-3-12(6-9)15(17)18/h1-8H. The Kier molecular flexibility index (Phi) is 3.39. The first kappa shape index (κ1) is 12.3. The minimum atomic E-state index is -0.478. The number of nitro benzene ring substituents is 1. The summed E-state index contributed by atoms with van der Waals surface area (Å²) in [6.07, 6.45) is 0.699. The number of hydrogen-bond donors (Lipinski definition) is 0. The highest BCUT2D eigenvalue weighted by Gasteiger charge is 2.10. The van der Waals surface area contributed by atoms with Gasteiger partial charge in [-0.2, -0.15) is 0 Å². The minimum absolute atomic E-state index is 0.0238. The van der Waals surface area contributed by atoms with Gasteiger partial charge in [-0.05, 0) is 29.3 Å². The van der Waals surface area contributed by atoms with Gasteiger partial charge in [0.2, 0.25) is 0 Å². The summed E-state index contributed by atoms with van der Waals surface area (Å²) in [5, 5.41) is 11.2. The normalized spacial score (nSPS) is 10.1. The van der Waals surface area contributed by atoms with Crippen LogP contribution in [0.25, 0.3) is 11.1 Å². The van der Waals surface area contributed by atoms with E-state index in [9.17, 15) is 14.9 Å². The maximum absolute atomic E-state index is 11.0. The van der Waals surface area contributed by atoms with Crippen molar-refractivity contribution in [3.8, 4) is 11.1 Å². The van der Waals surface area contributed by atoms with Gasteiger partial charge in [-0.1, -0.05) is 23.7 Å². The molecule has 18 heavy (non-hydrogen) atoms. The van der Waals surface area contributed by atoms with Gasteiger partial charge in [0.15, 0.2) is 6.29 Å². The largest absolute Gasteiger partial charge is 0.298 e. The predicted octanol–water partition coefficient (Wildman–Crippen LogP) is 3.73. The van der Waals surface area contributed by atoms with Crippen molar-refractivity contribution in [2.75, 3.05) is 0 Å². The lowest BCUT2D eigenvalue weighted by Crippen LogP contribution is -1.91. The van der Waals surface area contributed by atoms with Crippen molar-refractivity contribution in [2.45, 2.75) is 0 Å². The Morgan fingerprint density at radius 1 is 1.17 bits per heavy atom. The highest BCUT2D eigenvalue weighted by molar-refractivity contribution is 6.31. The fraction of sp³-hybridized carbons (Fsp3) is 0. The third kappa shape index (κ3) is 2.38. The Hall–Kier alpha value is -2.20. The second-order valence-corrected chi connectivity index (χ2v) is 4.09. The summed E-state index contributed by atoms with van der Waals surface area (Å²) in [4.78, 5) is 21.2.